The van der Waals surface area contributed by atoms with E-state index < -0.39 is 4.92 Å². The van der Waals surface area contributed by atoms with Crippen LogP contribution in [0.5, 0.6) is 0 Å². The second kappa shape index (κ2) is 8.21. The summed E-state index contributed by atoms with van der Waals surface area (Å²) in [5.74, 6) is -0.140. The van der Waals surface area contributed by atoms with Crippen molar-refractivity contribution in [1.29, 1.82) is 0 Å². The molecule has 29 heavy (non-hydrogen) atoms. The van der Waals surface area contributed by atoms with E-state index >= 15 is 0 Å². The summed E-state index contributed by atoms with van der Waals surface area (Å²) in [6.07, 6.45) is 1.94. The molecule has 0 atom stereocenters. The second-order valence-corrected chi connectivity index (χ2v) is 7.71. The highest BCUT2D eigenvalue weighted by Gasteiger charge is 2.35. The van der Waals surface area contributed by atoms with Crippen LogP contribution in [0.3, 0.4) is 0 Å². The zero-order chi connectivity index (χ0) is 20.4. The van der Waals surface area contributed by atoms with Crippen LogP contribution in [0.4, 0.5) is 11.4 Å². The number of non-ortho nitro benzene ring substituents is 1. The maximum absolute atomic E-state index is 13.6. The minimum atomic E-state index is -0.443. The van der Waals surface area contributed by atoms with Gasteiger partial charge in [0, 0.05) is 37.8 Å². The molecule has 7 heteroatoms. The van der Waals surface area contributed by atoms with Crippen LogP contribution in [0.1, 0.15) is 34.3 Å². The van der Waals surface area contributed by atoms with Gasteiger partial charge in [0.05, 0.1) is 29.4 Å². The smallest absolute Gasteiger partial charge is 0.270 e. The first-order valence-corrected chi connectivity index (χ1v) is 10.0. The molecule has 0 aromatic heterocycles. The zero-order valence-corrected chi connectivity index (χ0v) is 16.5. The zero-order valence-electron chi connectivity index (χ0n) is 16.5. The molecule has 0 bridgehead atoms. The maximum atomic E-state index is 13.6. The molecule has 7 nitrogen and oxygen atoms in total. The maximum Gasteiger partial charge on any atom is 0.270 e. The number of carbonyl (C=O) groups excluding carboxylic acids is 1. The van der Waals surface area contributed by atoms with Crippen LogP contribution in [0, 0.1) is 17.0 Å². The average Bonchev–Trinajstić information content (AvgIpc) is 3.58. The second-order valence-electron chi connectivity index (χ2n) is 7.71. The molecular weight excluding hydrogens is 370 g/mol. The molecule has 1 aliphatic heterocycles. The van der Waals surface area contributed by atoms with Gasteiger partial charge in [0.15, 0.2) is 0 Å². The Morgan fingerprint density at radius 3 is 2.48 bits per heavy atom. The van der Waals surface area contributed by atoms with Crippen molar-refractivity contribution >= 4 is 17.3 Å². The topological polar surface area (TPSA) is 75.9 Å². The van der Waals surface area contributed by atoms with Crippen molar-refractivity contribution in [2.75, 3.05) is 31.2 Å². The number of aryl methyl sites for hydroxylation is 1. The van der Waals surface area contributed by atoms with Crippen molar-refractivity contribution in [3.8, 4) is 0 Å². The lowest BCUT2D eigenvalue weighted by molar-refractivity contribution is -0.384. The summed E-state index contributed by atoms with van der Waals surface area (Å²) in [6.45, 7) is 5.04. The number of nitrogens with zero attached hydrogens (tertiary/aromatic N) is 3. The Hall–Kier alpha value is -2.93. The van der Waals surface area contributed by atoms with Crippen LogP contribution in [0.25, 0.3) is 0 Å². The third-order valence-electron chi connectivity index (χ3n) is 5.50. The van der Waals surface area contributed by atoms with Gasteiger partial charge in [0.1, 0.15) is 0 Å². The van der Waals surface area contributed by atoms with Crippen LogP contribution >= 0.6 is 0 Å². The largest absolute Gasteiger partial charge is 0.378 e. The number of hydrogen-bond donors (Lipinski definition) is 0. The number of benzene rings is 2. The highest BCUT2D eigenvalue weighted by Crippen LogP contribution is 2.33. The summed E-state index contributed by atoms with van der Waals surface area (Å²) in [5.41, 5.74) is 3.33. The fourth-order valence-corrected chi connectivity index (χ4v) is 3.69. The van der Waals surface area contributed by atoms with Crippen molar-refractivity contribution in [2.24, 2.45) is 0 Å². The monoisotopic (exact) mass is 395 g/mol. The predicted octanol–water partition coefficient (Wildman–Crippen LogP) is 3.54. The Morgan fingerprint density at radius 2 is 1.86 bits per heavy atom. The van der Waals surface area contributed by atoms with Crippen LogP contribution in [0.2, 0.25) is 0 Å². The number of hydrogen-bond acceptors (Lipinski definition) is 5. The minimum absolute atomic E-state index is 0.0588. The van der Waals surface area contributed by atoms with Gasteiger partial charge in [-0.2, -0.15) is 0 Å². The van der Waals surface area contributed by atoms with E-state index in [4.69, 9.17) is 4.74 Å². The summed E-state index contributed by atoms with van der Waals surface area (Å²) in [4.78, 5) is 28.4. The van der Waals surface area contributed by atoms with Gasteiger partial charge in [-0.3, -0.25) is 14.9 Å². The normalized spacial score (nSPS) is 16.5. The molecule has 2 aromatic carbocycles. The van der Waals surface area contributed by atoms with Crippen molar-refractivity contribution < 1.29 is 14.5 Å². The standard InChI is InChI=1S/C22H25N3O4/c1-16-2-4-17(5-3-16)15-24(18-6-7-18)22(26)20-14-19(25(27)28)8-9-21(20)23-10-12-29-13-11-23/h2-5,8-9,14,18H,6-7,10-13,15H2,1H3. The number of nitro benzene ring substituents is 1. The van der Waals surface area contributed by atoms with Gasteiger partial charge in [-0.25, -0.2) is 0 Å². The lowest BCUT2D eigenvalue weighted by atomic mass is 10.1. The van der Waals surface area contributed by atoms with Gasteiger partial charge < -0.3 is 14.5 Å². The highest BCUT2D eigenvalue weighted by atomic mass is 16.6. The number of rotatable bonds is 6. The molecule has 2 aromatic rings. The van der Waals surface area contributed by atoms with Gasteiger partial charge in [0.25, 0.3) is 11.6 Å². The molecule has 0 radical (unpaired) electrons. The summed E-state index contributed by atoms with van der Waals surface area (Å²) < 4.78 is 5.42. The number of carbonyl (C=O) groups is 1. The van der Waals surface area contributed by atoms with E-state index in [1.165, 1.54) is 17.7 Å². The fraction of sp³-hybridized carbons (Fsp3) is 0.409. The summed E-state index contributed by atoms with van der Waals surface area (Å²) in [5, 5.41) is 11.3. The van der Waals surface area contributed by atoms with E-state index in [2.05, 4.69) is 4.90 Å². The molecule has 0 N–H and O–H groups in total. The van der Waals surface area contributed by atoms with Gasteiger partial charge in [-0.15, -0.1) is 0 Å². The molecule has 1 aliphatic carbocycles. The van der Waals surface area contributed by atoms with Crippen LogP contribution in [0.15, 0.2) is 42.5 Å². The predicted molar refractivity (Wildman–Crippen MR) is 110 cm³/mol. The highest BCUT2D eigenvalue weighted by molar-refractivity contribution is 6.01. The Bertz CT molecular complexity index is 903. The van der Waals surface area contributed by atoms with E-state index in [0.29, 0.717) is 38.4 Å². The number of nitro groups is 1. The summed E-state index contributed by atoms with van der Waals surface area (Å²) in [7, 11) is 0. The number of morpholine rings is 1. The Morgan fingerprint density at radius 1 is 1.17 bits per heavy atom. The fourth-order valence-electron chi connectivity index (χ4n) is 3.69. The third kappa shape index (κ3) is 4.40. The van der Waals surface area contributed by atoms with Crippen molar-refractivity contribution in [1.82, 2.24) is 4.90 Å². The summed E-state index contributed by atoms with van der Waals surface area (Å²) in [6, 6.07) is 13.0. The molecule has 1 saturated heterocycles. The molecule has 1 heterocycles. The van der Waals surface area contributed by atoms with Gasteiger partial charge in [-0.1, -0.05) is 29.8 Å². The molecule has 4 rings (SSSR count). The summed E-state index contributed by atoms with van der Waals surface area (Å²) >= 11 is 0. The van der Waals surface area contributed by atoms with Crippen molar-refractivity contribution in [3.05, 3.63) is 69.3 Å². The van der Waals surface area contributed by atoms with E-state index in [-0.39, 0.29) is 17.6 Å². The Kier molecular flexibility index (Phi) is 5.49. The van der Waals surface area contributed by atoms with E-state index in [9.17, 15) is 14.9 Å². The van der Waals surface area contributed by atoms with E-state index in [0.717, 1.165) is 24.1 Å². The molecule has 1 saturated carbocycles. The quantitative estimate of drug-likeness (QED) is 0.552. The van der Waals surface area contributed by atoms with Crippen molar-refractivity contribution in [2.45, 2.75) is 32.4 Å². The molecule has 2 aliphatic rings. The Labute approximate surface area is 170 Å². The first-order valence-electron chi connectivity index (χ1n) is 10.0. The third-order valence-corrected chi connectivity index (χ3v) is 5.50. The van der Waals surface area contributed by atoms with Crippen LogP contribution < -0.4 is 4.90 Å². The SMILES string of the molecule is Cc1ccc(CN(C(=O)c2cc([N+](=O)[O-])ccc2N2CCOCC2)C2CC2)cc1. The first-order chi connectivity index (χ1) is 14.0. The van der Waals surface area contributed by atoms with Crippen molar-refractivity contribution in [3.63, 3.8) is 0 Å². The molecule has 1 amide bonds. The average molecular weight is 395 g/mol. The molecule has 0 unspecified atom stereocenters. The number of ether oxygens (including phenoxy) is 1. The van der Waals surface area contributed by atoms with Gasteiger partial charge >= 0.3 is 0 Å². The lowest BCUT2D eigenvalue weighted by Crippen LogP contribution is -2.39. The number of amides is 1. The van der Waals surface area contributed by atoms with Gasteiger partial charge in [0.2, 0.25) is 0 Å². The first kappa shape index (κ1) is 19.4. The molecule has 0 spiro atoms. The van der Waals surface area contributed by atoms with E-state index in [1.807, 2.05) is 36.1 Å². The minimum Gasteiger partial charge on any atom is -0.378 e. The number of anilines is 1. The molecule has 152 valence electrons. The lowest BCUT2D eigenvalue weighted by Gasteiger charge is -2.31. The van der Waals surface area contributed by atoms with Crippen LogP contribution in [-0.4, -0.2) is 48.1 Å². The Balaban J connectivity index is 1.67. The van der Waals surface area contributed by atoms with Crippen LogP contribution in [-0.2, 0) is 11.3 Å². The molecule has 2 fully saturated rings. The van der Waals surface area contributed by atoms with E-state index in [1.54, 1.807) is 6.07 Å². The molecular formula is C22H25N3O4. The van der Waals surface area contributed by atoms with Gasteiger partial charge in [-0.05, 0) is 31.4 Å².